The van der Waals surface area contributed by atoms with Crippen LogP contribution in [0, 0.1) is 0 Å². The Balaban J connectivity index is 1.40. The molecule has 8 heteroatoms. The molecule has 0 bridgehead atoms. The standard InChI is InChI=1S/C28H28N4O4/c1-36-23-14-12-21(13-15-23)30-31-27(33)19-9-7-18(8-10-19)26-29-24-17-20(28(34)35)11-16-25(24)32(26)22-5-3-2-4-6-22/h7-17,22,30H,2-6H2,1H3,(H,31,33)(H,34,35). The number of carboxylic acid groups (broad SMARTS) is 1. The Morgan fingerprint density at radius 3 is 2.31 bits per heavy atom. The fourth-order valence-electron chi connectivity index (χ4n) is 4.79. The molecule has 1 aliphatic carbocycles. The number of nitrogens with one attached hydrogen (secondary N) is 2. The summed E-state index contributed by atoms with van der Waals surface area (Å²) in [4.78, 5) is 29.0. The summed E-state index contributed by atoms with van der Waals surface area (Å²) >= 11 is 0. The van der Waals surface area contributed by atoms with Crippen molar-refractivity contribution in [2.75, 3.05) is 12.5 Å². The second-order valence-corrected chi connectivity index (χ2v) is 8.99. The minimum atomic E-state index is -0.968. The van der Waals surface area contributed by atoms with Crippen LogP contribution in [0.25, 0.3) is 22.4 Å². The van der Waals surface area contributed by atoms with Crippen LogP contribution in [0.15, 0.2) is 66.7 Å². The van der Waals surface area contributed by atoms with Crippen LogP contribution in [0.4, 0.5) is 5.69 Å². The van der Waals surface area contributed by atoms with E-state index < -0.39 is 5.97 Å². The van der Waals surface area contributed by atoms with Gasteiger partial charge in [0.25, 0.3) is 5.91 Å². The summed E-state index contributed by atoms with van der Waals surface area (Å²) < 4.78 is 7.40. The minimum absolute atomic E-state index is 0.221. The normalized spacial score (nSPS) is 13.9. The maximum atomic E-state index is 12.7. The van der Waals surface area contributed by atoms with E-state index in [0.29, 0.717) is 17.1 Å². The predicted molar refractivity (Wildman–Crippen MR) is 138 cm³/mol. The second-order valence-electron chi connectivity index (χ2n) is 8.99. The number of hydrogen-bond acceptors (Lipinski definition) is 5. The van der Waals surface area contributed by atoms with Crippen molar-refractivity contribution in [2.24, 2.45) is 0 Å². The molecule has 3 N–H and O–H groups in total. The first-order valence-electron chi connectivity index (χ1n) is 12.1. The number of benzene rings is 3. The molecule has 5 rings (SSSR count). The maximum absolute atomic E-state index is 12.7. The number of carbonyl (C=O) groups excluding carboxylic acids is 1. The van der Waals surface area contributed by atoms with E-state index in [1.807, 2.05) is 30.3 Å². The monoisotopic (exact) mass is 484 g/mol. The van der Waals surface area contributed by atoms with Crippen LogP contribution in [0.1, 0.15) is 58.9 Å². The lowest BCUT2D eigenvalue weighted by Gasteiger charge is -2.25. The summed E-state index contributed by atoms with van der Waals surface area (Å²) in [5.41, 5.74) is 9.57. The second kappa shape index (κ2) is 10.1. The molecule has 184 valence electrons. The van der Waals surface area contributed by atoms with Gasteiger partial charge in [0.2, 0.25) is 0 Å². The van der Waals surface area contributed by atoms with Gasteiger partial charge in [-0.1, -0.05) is 31.4 Å². The number of nitrogens with zero attached hydrogens (tertiary/aromatic N) is 2. The molecule has 0 spiro atoms. The number of hydrogen-bond donors (Lipinski definition) is 3. The summed E-state index contributed by atoms with van der Waals surface area (Å²) in [6.45, 7) is 0. The number of amides is 1. The highest BCUT2D eigenvalue weighted by Crippen LogP contribution is 2.36. The lowest BCUT2D eigenvalue weighted by Crippen LogP contribution is -2.29. The molecule has 36 heavy (non-hydrogen) atoms. The third kappa shape index (κ3) is 4.75. The van der Waals surface area contributed by atoms with E-state index in [9.17, 15) is 14.7 Å². The van der Waals surface area contributed by atoms with Gasteiger partial charge in [-0.15, -0.1) is 0 Å². The molecular weight excluding hydrogens is 456 g/mol. The van der Waals surface area contributed by atoms with E-state index in [0.717, 1.165) is 54.0 Å². The van der Waals surface area contributed by atoms with Gasteiger partial charge in [0.05, 0.1) is 29.4 Å². The number of rotatable bonds is 7. The largest absolute Gasteiger partial charge is 0.497 e. The van der Waals surface area contributed by atoms with Crippen molar-refractivity contribution in [2.45, 2.75) is 38.1 Å². The van der Waals surface area contributed by atoms with Crippen molar-refractivity contribution in [1.82, 2.24) is 15.0 Å². The predicted octanol–water partition coefficient (Wildman–Crippen LogP) is 5.67. The molecule has 0 aliphatic heterocycles. The summed E-state index contributed by atoms with van der Waals surface area (Å²) in [5, 5.41) is 9.43. The SMILES string of the molecule is COc1ccc(NNC(=O)c2ccc(-c3nc4cc(C(=O)O)ccc4n3C3CCCCC3)cc2)cc1. The molecule has 1 aromatic heterocycles. The van der Waals surface area contributed by atoms with Crippen molar-refractivity contribution < 1.29 is 19.4 Å². The average Bonchev–Trinajstić information content (AvgIpc) is 3.31. The number of imidazole rings is 1. The molecule has 1 saturated carbocycles. The third-order valence-electron chi connectivity index (χ3n) is 6.69. The fraction of sp³-hybridized carbons (Fsp3) is 0.250. The number of anilines is 1. The van der Waals surface area contributed by atoms with Crippen LogP contribution in [0.2, 0.25) is 0 Å². The highest BCUT2D eigenvalue weighted by molar-refractivity contribution is 5.96. The first kappa shape index (κ1) is 23.4. The third-order valence-corrected chi connectivity index (χ3v) is 6.69. The quantitative estimate of drug-likeness (QED) is 0.292. The van der Waals surface area contributed by atoms with Crippen LogP contribution >= 0.6 is 0 Å². The zero-order chi connectivity index (χ0) is 25.1. The Bertz CT molecular complexity index is 1390. The Kier molecular flexibility index (Phi) is 6.58. The summed E-state index contributed by atoms with van der Waals surface area (Å²) in [5.74, 6) is 0.303. The molecule has 1 amide bonds. The summed E-state index contributed by atoms with van der Waals surface area (Å²) in [6.07, 6.45) is 5.69. The van der Waals surface area contributed by atoms with Crippen molar-refractivity contribution >= 4 is 28.6 Å². The average molecular weight is 485 g/mol. The van der Waals surface area contributed by atoms with Gasteiger partial charge >= 0.3 is 5.97 Å². The van der Waals surface area contributed by atoms with Crippen molar-refractivity contribution in [3.8, 4) is 17.1 Å². The Morgan fingerprint density at radius 2 is 1.64 bits per heavy atom. The fourth-order valence-corrected chi connectivity index (χ4v) is 4.79. The van der Waals surface area contributed by atoms with E-state index in [1.54, 1.807) is 43.5 Å². The number of ether oxygens (including phenoxy) is 1. The van der Waals surface area contributed by atoms with E-state index in [2.05, 4.69) is 15.4 Å². The smallest absolute Gasteiger partial charge is 0.335 e. The van der Waals surface area contributed by atoms with Gasteiger partial charge < -0.3 is 14.4 Å². The number of carbonyl (C=O) groups is 2. The molecule has 0 radical (unpaired) electrons. The Hall–Kier alpha value is -4.33. The highest BCUT2D eigenvalue weighted by atomic mass is 16.5. The van der Waals surface area contributed by atoms with Gasteiger partial charge in [0.15, 0.2) is 0 Å². The maximum Gasteiger partial charge on any atom is 0.335 e. The van der Waals surface area contributed by atoms with Gasteiger partial charge in [0, 0.05) is 17.2 Å². The van der Waals surface area contributed by atoms with Gasteiger partial charge in [-0.05, 0) is 67.4 Å². The number of carboxylic acids is 1. The van der Waals surface area contributed by atoms with E-state index >= 15 is 0 Å². The van der Waals surface area contributed by atoms with Gasteiger partial charge in [-0.3, -0.25) is 15.6 Å². The van der Waals surface area contributed by atoms with Crippen LogP contribution in [-0.4, -0.2) is 33.6 Å². The van der Waals surface area contributed by atoms with Crippen LogP contribution < -0.4 is 15.6 Å². The molecule has 0 saturated heterocycles. The summed E-state index contributed by atoms with van der Waals surface area (Å²) in [6, 6.07) is 20.0. The van der Waals surface area contributed by atoms with Crippen molar-refractivity contribution in [1.29, 1.82) is 0 Å². The molecular formula is C28H28N4O4. The topological polar surface area (TPSA) is 105 Å². The van der Waals surface area contributed by atoms with Crippen molar-refractivity contribution in [3.63, 3.8) is 0 Å². The molecule has 1 aliphatic rings. The lowest BCUT2D eigenvalue weighted by molar-refractivity contribution is 0.0696. The summed E-state index contributed by atoms with van der Waals surface area (Å²) in [7, 11) is 1.60. The van der Waals surface area contributed by atoms with Crippen LogP contribution in [-0.2, 0) is 0 Å². The zero-order valence-corrected chi connectivity index (χ0v) is 20.0. The van der Waals surface area contributed by atoms with Crippen LogP contribution in [0.5, 0.6) is 5.75 Å². The minimum Gasteiger partial charge on any atom is -0.497 e. The van der Waals surface area contributed by atoms with Gasteiger partial charge in [0.1, 0.15) is 11.6 Å². The van der Waals surface area contributed by atoms with E-state index in [4.69, 9.17) is 9.72 Å². The molecule has 8 nitrogen and oxygen atoms in total. The Morgan fingerprint density at radius 1 is 0.944 bits per heavy atom. The first-order valence-corrected chi connectivity index (χ1v) is 12.1. The number of methoxy groups -OCH3 is 1. The van der Waals surface area contributed by atoms with E-state index in [-0.39, 0.29) is 11.5 Å². The molecule has 1 heterocycles. The zero-order valence-electron chi connectivity index (χ0n) is 20.0. The molecule has 3 aromatic carbocycles. The van der Waals surface area contributed by atoms with E-state index in [1.165, 1.54) is 6.42 Å². The number of aromatic carboxylic acids is 1. The van der Waals surface area contributed by atoms with Gasteiger partial charge in [-0.25, -0.2) is 9.78 Å². The van der Waals surface area contributed by atoms with Gasteiger partial charge in [-0.2, -0.15) is 0 Å². The highest BCUT2D eigenvalue weighted by Gasteiger charge is 2.23. The molecule has 0 unspecified atom stereocenters. The number of fused-ring (bicyclic) bond motifs is 1. The number of aromatic nitrogens is 2. The molecule has 1 fully saturated rings. The Labute approximate surface area is 208 Å². The molecule has 4 aromatic rings. The van der Waals surface area contributed by atoms with Crippen molar-refractivity contribution in [3.05, 3.63) is 77.9 Å². The first-order chi connectivity index (χ1) is 17.5. The van der Waals surface area contributed by atoms with Crippen LogP contribution in [0.3, 0.4) is 0 Å². The molecule has 0 atom stereocenters. The number of hydrazine groups is 1. The lowest BCUT2D eigenvalue weighted by atomic mass is 9.94.